The molecule has 3 nitrogen and oxygen atoms in total. The van der Waals surface area contributed by atoms with Gasteiger partial charge in [-0.15, -0.1) is 0 Å². The molecule has 0 saturated heterocycles. The highest BCUT2D eigenvalue weighted by atomic mass is 79.9. The van der Waals surface area contributed by atoms with Gasteiger partial charge in [0.25, 0.3) is 0 Å². The van der Waals surface area contributed by atoms with Gasteiger partial charge in [0.05, 0.1) is 11.7 Å². The lowest BCUT2D eigenvalue weighted by molar-refractivity contribution is 0.376. The number of nitrogens with zero attached hydrogens (tertiary/aromatic N) is 1. The van der Waals surface area contributed by atoms with Crippen LogP contribution in [0.4, 0.5) is 11.4 Å². The molecule has 134 valence electrons. The molecule has 2 aliphatic rings. The van der Waals surface area contributed by atoms with E-state index < -0.39 is 0 Å². The van der Waals surface area contributed by atoms with E-state index in [1.54, 1.807) is 0 Å². The summed E-state index contributed by atoms with van der Waals surface area (Å²) in [5, 5.41) is 5.85. The van der Waals surface area contributed by atoms with Crippen LogP contribution < -0.4 is 10.7 Å². The van der Waals surface area contributed by atoms with Gasteiger partial charge in [-0.3, -0.25) is 10.4 Å². The first-order chi connectivity index (χ1) is 12.6. The second kappa shape index (κ2) is 7.20. The summed E-state index contributed by atoms with van der Waals surface area (Å²) in [5.74, 6) is 0.699. The van der Waals surface area contributed by atoms with E-state index in [0.717, 1.165) is 15.8 Å². The molecule has 1 fully saturated rings. The van der Waals surface area contributed by atoms with E-state index >= 15 is 0 Å². The first kappa shape index (κ1) is 17.2. The van der Waals surface area contributed by atoms with Gasteiger partial charge in [0.15, 0.2) is 0 Å². The summed E-state index contributed by atoms with van der Waals surface area (Å²) in [4.78, 5) is 0. The lowest BCUT2D eigenvalue weighted by atomic mass is 10.0. The minimum atomic E-state index is 0.209. The van der Waals surface area contributed by atoms with Crippen LogP contribution in [0.5, 0.6) is 0 Å². The number of hydrogen-bond acceptors (Lipinski definition) is 3. The van der Waals surface area contributed by atoms with Gasteiger partial charge in [0.2, 0.25) is 0 Å². The summed E-state index contributed by atoms with van der Waals surface area (Å²) < 4.78 is 1.09. The fourth-order valence-corrected chi connectivity index (χ4v) is 3.47. The monoisotopic (exact) mass is 409 g/mol. The SMILES string of the molecule is Cc1ccccc1NN1C=C(C2CC2)C=C(Nc2ccc(Br)cc2)C1C. The highest BCUT2D eigenvalue weighted by Crippen LogP contribution is 2.40. The molecule has 1 heterocycles. The van der Waals surface area contributed by atoms with Crippen LogP contribution in [0.3, 0.4) is 0 Å². The van der Waals surface area contributed by atoms with Gasteiger partial charge < -0.3 is 5.32 Å². The van der Waals surface area contributed by atoms with Gasteiger partial charge in [-0.05, 0) is 80.2 Å². The van der Waals surface area contributed by atoms with Gasteiger partial charge in [-0.25, -0.2) is 0 Å². The van der Waals surface area contributed by atoms with Gasteiger partial charge >= 0.3 is 0 Å². The molecule has 0 bridgehead atoms. The smallest absolute Gasteiger partial charge is 0.0867 e. The lowest BCUT2D eigenvalue weighted by Crippen LogP contribution is -2.39. The topological polar surface area (TPSA) is 27.3 Å². The summed E-state index contributed by atoms with van der Waals surface area (Å²) in [6.07, 6.45) is 7.20. The van der Waals surface area contributed by atoms with E-state index in [9.17, 15) is 0 Å². The van der Waals surface area contributed by atoms with Crippen LogP contribution in [-0.4, -0.2) is 11.1 Å². The summed E-state index contributed by atoms with van der Waals surface area (Å²) in [7, 11) is 0. The van der Waals surface area contributed by atoms with E-state index in [1.165, 1.54) is 29.7 Å². The minimum Gasteiger partial charge on any atom is -0.357 e. The lowest BCUT2D eigenvalue weighted by Gasteiger charge is -2.35. The quantitative estimate of drug-likeness (QED) is 0.626. The van der Waals surface area contributed by atoms with Gasteiger partial charge in [0.1, 0.15) is 0 Å². The first-order valence-electron chi connectivity index (χ1n) is 9.16. The van der Waals surface area contributed by atoms with Crippen molar-refractivity contribution in [1.82, 2.24) is 5.01 Å². The standard InChI is InChI=1S/C22H24BrN3/c1-15-5-3-4-6-21(15)25-26-14-18(17-7-8-17)13-22(16(26)2)24-20-11-9-19(23)10-12-20/h3-6,9-14,16-17,24-25H,7-8H2,1-2H3. The fourth-order valence-electron chi connectivity index (χ4n) is 3.21. The van der Waals surface area contributed by atoms with Crippen molar-refractivity contribution in [2.24, 2.45) is 5.92 Å². The predicted octanol–water partition coefficient (Wildman–Crippen LogP) is 6.08. The molecule has 1 aliphatic carbocycles. The Morgan fingerprint density at radius 1 is 1.04 bits per heavy atom. The zero-order valence-corrected chi connectivity index (χ0v) is 16.8. The Morgan fingerprint density at radius 2 is 1.77 bits per heavy atom. The summed E-state index contributed by atoms with van der Waals surface area (Å²) in [6.45, 7) is 4.36. The number of benzene rings is 2. The molecule has 1 saturated carbocycles. The van der Waals surface area contributed by atoms with E-state index in [4.69, 9.17) is 0 Å². The van der Waals surface area contributed by atoms with Crippen LogP contribution in [0, 0.1) is 12.8 Å². The van der Waals surface area contributed by atoms with Crippen molar-refractivity contribution in [3.8, 4) is 0 Å². The Bertz CT molecular complexity index is 850. The maximum atomic E-state index is 3.62. The molecule has 0 spiro atoms. The number of hydrogen-bond donors (Lipinski definition) is 2. The second-order valence-electron chi connectivity index (χ2n) is 7.14. The van der Waals surface area contributed by atoms with Crippen LogP contribution in [0.15, 0.2) is 76.5 Å². The zero-order chi connectivity index (χ0) is 18.1. The Labute approximate surface area is 163 Å². The number of para-hydroxylation sites is 1. The molecule has 1 atom stereocenters. The number of nitrogens with one attached hydrogen (secondary N) is 2. The number of hydrazine groups is 1. The number of aryl methyl sites for hydroxylation is 1. The molecule has 1 aliphatic heterocycles. The number of allylic oxidation sites excluding steroid dienone is 2. The predicted molar refractivity (Wildman–Crippen MR) is 113 cm³/mol. The molecule has 26 heavy (non-hydrogen) atoms. The van der Waals surface area contributed by atoms with Crippen LogP contribution in [0.1, 0.15) is 25.3 Å². The molecule has 0 amide bonds. The van der Waals surface area contributed by atoms with E-state index in [0.29, 0.717) is 5.92 Å². The molecule has 0 radical (unpaired) electrons. The third-order valence-electron chi connectivity index (χ3n) is 5.05. The van der Waals surface area contributed by atoms with Crippen LogP contribution in [0.2, 0.25) is 0 Å². The summed E-state index contributed by atoms with van der Waals surface area (Å²) >= 11 is 3.50. The molecule has 2 aromatic carbocycles. The highest BCUT2D eigenvalue weighted by molar-refractivity contribution is 9.10. The molecule has 1 unspecified atom stereocenters. The minimum absolute atomic E-state index is 0.209. The molecular weight excluding hydrogens is 386 g/mol. The number of rotatable bonds is 5. The molecule has 4 rings (SSSR count). The van der Waals surface area contributed by atoms with Crippen LogP contribution in [-0.2, 0) is 0 Å². The summed E-state index contributed by atoms with van der Waals surface area (Å²) in [5.41, 5.74) is 9.74. The molecule has 4 heteroatoms. The number of anilines is 2. The van der Waals surface area contributed by atoms with Gasteiger partial charge in [0, 0.05) is 22.1 Å². The van der Waals surface area contributed by atoms with Gasteiger partial charge in [-0.2, -0.15) is 0 Å². The molecule has 2 aromatic rings. The van der Waals surface area contributed by atoms with Crippen molar-refractivity contribution in [3.63, 3.8) is 0 Å². The Morgan fingerprint density at radius 3 is 2.46 bits per heavy atom. The fraction of sp³-hybridized carbons (Fsp3) is 0.273. The second-order valence-corrected chi connectivity index (χ2v) is 8.06. The van der Waals surface area contributed by atoms with Crippen molar-refractivity contribution in [1.29, 1.82) is 0 Å². The van der Waals surface area contributed by atoms with Crippen LogP contribution >= 0.6 is 15.9 Å². The third-order valence-corrected chi connectivity index (χ3v) is 5.58. The van der Waals surface area contributed by atoms with E-state index in [1.807, 2.05) is 0 Å². The molecule has 2 N–H and O–H groups in total. The van der Waals surface area contributed by atoms with Crippen LogP contribution in [0.25, 0.3) is 0 Å². The highest BCUT2D eigenvalue weighted by Gasteiger charge is 2.30. The average Bonchev–Trinajstić information content (AvgIpc) is 3.47. The normalized spacial score (nSPS) is 19.7. The Kier molecular flexibility index (Phi) is 4.77. The Balaban J connectivity index is 1.59. The third kappa shape index (κ3) is 3.80. The van der Waals surface area contributed by atoms with Crippen molar-refractivity contribution < 1.29 is 0 Å². The number of halogens is 1. The van der Waals surface area contributed by atoms with E-state index in [2.05, 4.69) is 106 Å². The Hall–Kier alpha value is -2.20. The average molecular weight is 410 g/mol. The maximum absolute atomic E-state index is 3.62. The molecular formula is C22H24BrN3. The maximum Gasteiger partial charge on any atom is 0.0867 e. The van der Waals surface area contributed by atoms with Gasteiger partial charge in [-0.1, -0.05) is 34.1 Å². The zero-order valence-electron chi connectivity index (χ0n) is 15.2. The van der Waals surface area contributed by atoms with E-state index in [-0.39, 0.29) is 6.04 Å². The van der Waals surface area contributed by atoms with Crippen molar-refractivity contribution in [2.45, 2.75) is 32.7 Å². The molecule has 0 aromatic heterocycles. The van der Waals surface area contributed by atoms with Crippen molar-refractivity contribution in [3.05, 3.63) is 82.1 Å². The largest absolute Gasteiger partial charge is 0.357 e. The summed E-state index contributed by atoms with van der Waals surface area (Å²) in [6, 6.07) is 17.0. The van der Waals surface area contributed by atoms with Crippen molar-refractivity contribution in [2.75, 3.05) is 10.7 Å². The van der Waals surface area contributed by atoms with Crippen molar-refractivity contribution >= 4 is 27.3 Å². The first-order valence-corrected chi connectivity index (χ1v) is 9.96.